The summed E-state index contributed by atoms with van der Waals surface area (Å²) in [5.41, 5.74) is 4.42. The van der Waals surface area contributed by atoms with Crippen molar-refractivity contribution in [1.82, 2.24) is 20.2 Å². The van der Waals surface area contributed by atoms with Crippen LogP contribution in [0, 0.1) is 6.92 Å². The van der Waals surface area contributed by atoms with E-state index in [2.05, 4.69) is 20.2 Å². The molecule has 2 aromatic carbocycles. The average molecular weight is 388 g/mol. The molecule has 3 heterocycles. The maximum absolute atomic E-state index is 12.8. The van der Waals surface area contributed by atoms with Crippen LogP contribution in [0.25, 0.3) is 33.3 Å². The largest absolute Gasteiger partial charge is 0.411 e. The molecule has 138 valence electrons. The molecule has 5 aromatic rings. The van der Waals surface area contributed by atoms with Crippen LogP contribution in [0.15, 0.2) is 64.4 Å². The molecule has 0 fully saturated rings. The molecule has 5 rings (SSSR count). The summed E-state index contributed by atoms with van der Waals surface area (Å²) in [6.45, 7) is 1.92. The zero-order chi connectivity index (χ0) is 19.1. The summed E-state index contributed by atoms with van der Waals surface area (Å²) in [5.74, 6) is 0.709. The van der Waals surface area contributed by atoms with E-state index >= 15 is 0 Å². The Labute approximate surface area is 164 Å². The molecule has 6 nitrogen and oxygen atoms in total. The third-order valence-electron chi connectivity index (χ3n) is 4.73. The summed E-state index contributed by atoms with van der Waals surface area (Å²) in [6, 6.07) is 15.7. The Morgan fingerprint density at radius 3 is 2.64 bits per heavy atom. The predicted molar refractivity (Wildman–Crippen MR) is 110 cm³/mol. The van der Waals surface area contributed by atoms with Crippen LogP contribution in [0.5, 0.6) is 0 Å². The van der Waals surface area contributed by atoms with Crippen molar-refractivity contribution in [2.24, 2.45) is 0 Å². The number of benzene rings is 2. The van der Waals surface area contributed by atoms with Gasteiger partial charge < -0.3 is 14.4 Å². The first-order chi connectivity index (χ1) is 13.7. The molecule has 0 amide bonds. The molecule has 0 bridgehead atoms. The van der Waals surface area contributed by atoms with E-state index in [1.807, 2.05) is 61.7 Å². The first-order valence-electron chi connectivity index (χ1n) is 8.84. The number of rotatable bonds is 5. The number of carbonyl (C=O) groups excluding carboxylic acids is 1. The number of Topliss-reactive ketones (excluding diaryl/α,β-unsaturated/α-hetero) is 1. The van der Waals surface area contributed by atoms with Gasteiger partial charge in [-0.15, -0.1) is 10.2 Å². The number of nitrogens with one attached hydrogen (secondary N) is 2. The summed E-state index contributed by atoms with van der Waals surface area (Å²) in [4.78, 5) is 19.2. The highest BCUT2D eigenvalue weighted by atomic mass is 32.2. The Kier molecular flexibility index (Phi) is 4.02. The molecule has 3 aromatic heterocycles. The van der Waals surface area contributed by atoms with Gasteiger partial charge in [-0.25, -0.2) is 0 Å². The SMILES string of the molecule is Cc1[nH]c2ccccc2c1C(=O)CSc1nnc(-c2c[nH]c3ccccc23)o1. The number of thioether (sulfide) groups is 1. The minimum absolute atomic E-state index is 0.0341. The van der Waals surface area contributed by atoms with Gasteiger partial charge in [-0.3, -0.25) is 4.79 Å². The fourth-order valence-electron chi connectivity index (χ4n) is 3.46. The van der Waals surface area contributed by atoms with Crippen molar-refractivity contribution in [2.45, 2.75) is 12.1 Å². The molecule has 0 spiro atoms. The van der Waals surface area contributed by atoms with Crippen LogP contribution in [-0.4, -0.2) is 31.7 Å². The van der Waals surface area contributed by atoms with E-state index in [4.69, 9.17) is 4.42 Å². The number of ketones is 1. The molecular weight excluding hydrogens is 372 g/mol. The lowest BCUT2D eigenvalue weighted by atomic mass is 10.1. The highest BCUT2D eigenvalue weighted by molar-refractivity contribution is 7.99. The smallest absolute Gasteiger partial charge is 0.277 e. The molecule has 28 heavy (non-hydrogen) atoms. The van der Waals surface area contributed by atoms with Gasteiger partial charge in [0.15, 0.2) is 5.78 Å². The van der Waals surface area contributed by atoms with Crippen LogP contribution in [0.3, 0.4) is 0 Å². The molecule has 0 aliphatic heterocycles. The van der Waals surface area contributed by atoms with Gasteiger partial charge in [-0.2, -0.15) is 0 Å². The van der Waals surface area contributed by atoms with Crippen LogP contribution in [0.2, 0.25) is 0 Å². The van der Waals surface area contributed by atoms with Crippen molar-refractivity contribution in [1.29, 1.82) is 0 Å². The molecular formula is C21H16N4O2S. The van der Waals surface area contributed by atoms with Crippen molar-refractivity contribution in [3.05, 3.63) is 66.0 Å². The van der Waals surface area contributed by atoms with E-state index in [-0.39, 0.29) is 11.5 Å². The predicted octanol–water partition coefficient (Wildman–Crippen LogP) is 4.98. The van der Waals surface area contributed by atoms with Crippen molar-refractivity contribution < 1.29 is 9.21 Å². The number of aryl methyl sites for hydroxylation is 1. The summed E-state index contributed by atoms with van der Waals surface area (Å²) in [5, 5.41) is 10.6. The normalized spacial score (nSPS) is 11.5. The monoisotopic (exact) mass is 388 g/mol. The second-order valence-electron chi connectivity index (χ2n) is 6.50. The lowest BCUT2D eigenvalue weighted by molar-refractivity contribution is 0.102. The molecule has 0 aliphatic carbocycles. The molecule has 0 radical (unpaired) electrons. The topological polar surface area (TPSA) is 87.6 Å². The third kappa shape index (κ3) is 2.80. The van der Waals surface area contributed by atoms with Crippen LogP contribution >= 0.6 is 11.8 Å². The van der Waals surface area contributed by atoms with E-state index in [0.717, 1.165) is 38.6 Å². The van der Waals surface area contributed by atoms with E-state index in [1.165, 1.54) is 11.8 Å². The van der Waals surface area contributed by atoms with Crippen molar-refractivity contribution >= 4 is 39.4 Å². The average Bonchev–Trinajstić information content (AvgIpc) is 3.41. The molecule has 0 unspecified atom stereocenters. The third-order valence-corrected chi connectivity index (χ3v) is 5.54. The highest BCUT2D eigenvalue weighted by Crippen LogP contribution is 2.30. The Morgan fingerprint density at radius 2 is 1.79 bits per heavy atom. The van der Waals surface area contributed by atoms with Gasteiger partial charge in [-0.1, -0.05) is 48.2 Å². The zero-order valence-corrected chi connectivity index (χ0v) is 15.8. The number of aromatic nitrogens is 4. The summed E-state index contributed by atoms with van der Waals surface area (Å²) >= 11 is 1.25. The molecule has 0 saturated heterocycles. The summed E-state index contributed by atoms with van der Waals surface area (Å²) in [7, 11) is 0. The number of hydrogen-bond acceptors (Lipinski definition) is 5. The molecule has 2 N–H and O–H groups in total. The Hall–Kier alpha value is -3.32. The van der Waals surface area contributed by atoms with E-state index in [0.29, 0.717) is 11.1 Å². The summed E-state index contributed by atoms with van der Waals surface area (Å²) < 4.78 is 5.78. The van der Waals surface area contributed by atoms with Crippen molar-refractivity contribution in [3.8, 4) is 11.5 Å². The highest BCUT2D eigenvalue weighted by Gasteiger charge is 2.18. The fourth-order valence-corrected chi connectivity index (χ4v) is 4.10. The number of aromatic amines is 2. The second kappa shape index (κ2) is 6.69. The van der Waals surface area contributed by atoms with E-state index < -0.39 is 0 Å². The Bertz CT molecular complexity index is 1310. The first-order valence-corrected chi connectivity index (χ1v) is 9.82. The second-order valence-corrected chi connectivity index (χ2v) is 7.43. The number of H-pyrrole nitrogens is 2. The lowest BCUT2D eigenvalue weighted by Gasteiger charge is -1.99. The molecule has 0 atom stereocenters. The van der Waals surface area contributed by atoms with Gasteiger partial charge in [0.25, 0.3) is 11.1 Å². The van der Waals surface area contributed by atoms with E-state index in [9.17, 15) is 4.79 Å². The van der Waals surface area contributed by atoms with Crippen molar-refractivity contribution in [2.75, 3.05) is 5.75 Å². The molecule has 0 aliphatic rings. The van der Waals surface area contributed by atoms with Crippen LogP contribution in [0.4, 0.5) is 0 Å². The molecule has 0 saturated carbocycles. The lowest BCUT2D eigenvalue weighted by Crippen LogP contribution is -2.03. The maximum atomic E-state index is 12.8. The molecule has 7 heteroatoms. The standard InChI is InChI=1S/C21H16N4O2S/c1-12-19(14-7-3-5-9-17(14)23-12)18(26)11-28-21-25-24-20(27-21)15-10-22-16-8-4-2-6-13(15)16/h2-10,22-23H,11H2,1H3. The minimum atomic E-state index is 0.0341. The van der Waals surface area contributed by atoms with Gasteiger partial charge in [0.2, 0.25) is 0 Å². The number of nitrogens with zero attached hydrogens (tertiary/aromatic N) is 2. The van der Waals surface area contributed by atoms with Crippen LogP contribution < -0.4 is 0 Å². The first kappa shape index (κ1) is 16.8. The van der Waals surface area contributed by atoms with Gasteiger partial charge in [-0.05, 0) is 19.1 Å². The fraction of sp³-hybridized carbons (Fsp3) is 0.0952. The van der Waals surface area contributed by atoms with Gasteiger partial charge in [0.1, 0.15) is 0 Å². The Balaban J connectivity index is 1.36. The van der Waals surface area contributed by atoms with Gasteiger partial charge in [0, 0.05) is 39.3 Å². The van der Waals surface area contributed by atoms with Crippen LogP contribution in [0.1, 0.15) is 16.1 Å². The summed E-state index contributed by atoms with van der Waals surface area (Å²) in [6.07, 6.45) is 1.85. The Morgan fingerprint density at radius 1 is 1.04 bits per heavy atom. The van der Waals surface area contributed by atoms with Crippen molar-refractivity contribution in [3.63, 3.8) is 0 Å². The number of fused-ring (bicyclic) bond motifs is 2. The number of hydrogen-bond donors (Lipinski definition) is 2. The van der Waals surface area contributed by atoms with E-state index in [1.54, 1.807) is 0 Å². The van der Waals surface area contributed by atoms with Crippen LogP contribution in [-0.2, 0) is 0 Å². The van der Waals surface area contributed by atoms with Gasteiger partial charge >= 0.3 is 0 Å². The minimum Gasteiger partial charge on any atom is -0.411 e. The number of carbonyl (C=O) groups is 1. The number of para-hydroxylation sites is 2. The quantitative estimate of drug-likeness (QED) is 0.327. The van der Waals surface area contributed by atoms with Gasteiger partial charge in [0.05, 0.1) is 11.3 Å². The zero-order valence-electron chi connectivity index (χ0n) is 15.0. The maximum Gasteiger partial charge on any atom is 0.277 e.